The maximum Gasteiger partial charge on any atom is 0.342 e. The Morgan fingerprint density at radius 1 is 1.15 bits per heavy atom. The highest BCUT2D eigenvalue weighted by atomic mass is 79.9. The second-order valence-electron chi connectivity index (χ2n) is 5.00. The minimum absolute atomic E-state index is 0.0537. The quantitative estimate of drug-likeness (QED) is 0.445. The van der Waals surface area contributed by atoms with E-state index in [9.17, 15) is 29.4 Å². The number of aromatic carboxylic acids is 2. The number of aromatic nitrogens is 1. The standard InChI is InChI=1S/C15H12BrN3O7/c16-5-1-2-7(26-4-8(17)20)6(3-5)9-10(14(22)23)12(18)19-13(21)11(9)15(24)25/h1-3H,4H2,(H2,17,20)(H,22,23)(H,24,25)(H3,18,19,21). The van der Waals surface area contributed by atoms with Gasteiger partial charge in [-0.05, 0) is 18.2 Å². The summed E-state index contributed by atoms with van der Waals surface area (Å²) in [7, 11) is 0. The van der Waals surface area contributed by atoms with Gasteiger partial charge in [0.1, 0.15) is 22.7 Å². The molecule has 2 rings (SSSR count). The maximum atomic E-state index is 12.1. The van der Waals surface area contributed by atoms with Gasteiger partial charge in [0.25, 0.3) is 11.5 Å². The number of benzene rings is 1. The number of carbonyl (C=O) groups excluding carboxylic acids is 1. The van der Waals surface area contributed by atoms with Crippen LogP contribution in [0.15, 0.2) is 27.5 Å². The topological polar surface area (TPSA) is 186 Å². The highest BCUT2D eigenvalue weighted by molar-refractivity contribution is 9.10. The fraction of sp³-hybridized carbons (Fsp3) is 0.0667. The number of nitrogens with two attached hydrogens (primary N) is 2. The first kappa shape index (κ1) is 19.0. The van der Waals surface area contributed by atoms with Crippen LogP contribution in [-0.4, -0.2) is 39.6 Å². The second-order valence-corrected chi connectivity index (χ2v) is 5.91. The molecule has 0 saturated heterocycles. The first-order valence-electron chi connectivity index (χ1n) is 6.86. The molecule has 0 radical (unpaired) electrons. The highest BCUT2D eigenvalue weighted by Gasteiger charge is 2.28. The lowest BCUT2D eigenvalue weighted by molar-refractivity contribution is -0.119. The molecule has 0 aliphatic carbocycles. The van der Waals surface area contributed by atoms with Crippen molar-refractivity contribution in [3.05, 3.63) is 44.2 Å². The Balaban J connectivity index is 2.93. The number of carboxylic acid groups (broad SMARTS) is 2. The molecular weight excluding hydrogens is 414 g/mol. The molecule has 0 fully saturated rings. The Morgan fingerprint density at radius 3 is 2.31 bits per heavy atom. The van der Waals surface area contributed by atoms with Crippen LogP contribution in [0.5, 0.6) is 5.75 Å². The number of carbonyl (C=O) groups is 3. The largest absolute Gasteiger partial charge is 0.483 e. The predicted molar refractivity (Wildman–Crippen MR) is 93.2 cm³/mol. The number of anilines is 1. The third-order valence-electron chi connectivity index (χ3n) is 3.25. The van der Waals surface area contributed by atoms with Gasteiger partial charge in [-0.1, -0.05) is 15.9 Å². The van der Waals surface area contributed by atoms with Gasteiger partial charge in [-0.25, -0.2) is 9.59 Å². The van der Waals surface area contributed by atoms with E-state index in [0.29, 0.717) is 4.47 Å². The van der Waals surface area contributed by atoms with Crippen molar-refractivity contribution in [3.8, 4) is 16.9 Å². The van der Waals surface area contributed by atoms with Crippen molar-refractivity contribution in [2.45, 2.75) is 0 Å². The van der Waals surface area contributed by atoms with Gasteiger partial charge in [-0.3, -0.25) is 9.59 Å². The van der Waals surface area contributed by atoms with Crippen molar-refractivity contribution in [1.82, 2.24) is 4.98 Å². The van der Waals surface area contributed by atoms with E-state index in [4.69, 9.17) is 16.2 Å². The summed E-state index contributed by atoms with van der Waals surface area (Å²) >= 11 is 3.17. The first-order chi connectivity index (χ1) is 12.1. The Hall–Kier alpha value is -3.34. The number of nitrogens with one attached hydrogen (secondary N) is 1. The van der Waals surface area contributed by atoms with Gasteiger partial charge in [-0.15, -0.1) is 0 Å². The molecule has 1 aromatic carbocycles. The molecule has 0 atom stereocenters. The Labute approximate surface area is 153 Å². The van der Waals surface area contributed by atoms with Gasteiger partial charge in [0.15, 0.2) is 6.61 Å². The highest BCUT2D eigenvalue weighted by Crippen LogP contribution is 2.37. The molecule has 1 aromatic heterocycles. The van der Waals surface area contributed by atoms with E-state index in [1.54, 1.807) is 0 Å². The molecule has 0 aliphatic heterocycles. The molecule has 0 unspecified atom stereocenters. The van der Waals surface area contributed by atoms with E-state index in [-0.39, 0.29) is 11.3 Å². The summed E-state index contributed by atoms with van der Waals surface area (Å²) in [6, 6.07) is 4.21. The van der Waals surface area contributed by atoms with Gasteiger partial charge in [0.05, 0.1) is 0 Å². The maximum absolute atomic E-state index is 12.1. The van der Waals surface area contributed by atoms with Crippen LogP contribution in [0, 0.1) is 0 Å². The number of ether oxygens (including phenoxy) is 1. The molecular formula is C15H12BrN3O7. The van der Waals surface area contributed by atoms with Crippen LogP contribution in [0.25, 0.3) is 11.1 Å². The number of H-pyrrole nitrogens is 1. The smallest absolute Gasteiger partial charge is 0.342 e. The van der Waals surface area contributed by atoms with Crippen molar-refractivity contribution in [1.29, 1.82) is 0 Å². The minimum atomic E-state index is -1.66. The molecule has 7 N–H and O–H groups in total. The number of hydrogen-bond donors (Lipinski definition) is 5. The number of aromatic amines is 1. The van der Waals surface area contributed by atoms with E-state index >= 15 is 0 Å². The molecule has 136 valence electrons. The Kier molecular flexibility index (Phi) is 5.31. The van der Waals surface area contributed by atoms with Crippen molar-refractivity contribution >= 4 is 39.6 Å². The van der Waals surface area contributed by atoms with Crippen LogP contribution in [0.2, 0.25) is 0 Å². The lowest BCUT2D eigenvalue weighted by atomic mass is 9.94. The van der Waals surface area contributed by atoms with Crippen molar-refractivity contribution in [2.75, 3.05) is 12.3 Å². The first-order valence-corrected chi connectivity index (χ1v) is 7.66. The monoisotopic (exact) mass is 425 g/mol. The van der Waals surface area contributed by atoms with Crippen molar-refractivity contribution in [2.24, 2.45) is 5.73 Å². The molecule has 2 aromatic rings. The van der Waals surface area contributed by atoms with Crippen LogP contribution in [0.4, 0.5) is 5.82 Å². The second kappa shape index (κ2) is 7.27. The third-order valence-corrected chi connectivity index (χ3v) is 3.75. The molecule has 0 aliphatic rings. The number of pyridine rings is 1. The molecule has 1 amide bonds. The molecule has 0 spiro atoms. The molecule has 0 bridgehead atoms. The Bertz CT molecular complexity index is 984. The van der Waals surface area contributed by atoms with Gasteiger partial charge in [-0.2, -0.15) is 0 Å². The van der Waals surface area contributed by atoms with E-state index in [1.165, 1.54) is 18.2 Å². The van der Waals surface area contributed by atoms with E-state index in [1.807, 2.05) is 4.98 Å². The van der Waals surface area contributed by atoms with Crippen molar-refractivity contribution in [3.63, 3.8) is 0 Å². The number of nitrogen functional groups attached to an aromatic ring is 1. The normalized spacial score (nSPS) is 10.3. The van der Waals surface area contributed by atoms with Gasteiger partial charge in [0, 0.05) is 15.6 Å². The average molecular weight is 426 g/mol. The fourth-order valence-corrected chi connectivity index (χ4v) is 2.65. The van der Waals surface area contributed by atoms with Gasteiger partial charge < -0.3 is 31.4 Å². The molecule has 10 nitrogen and oxygen atoms in total. The van der Waals surface area contributed by atoms with E-state index in [2.05, 4.69) is 15.9 Å². The third kappa shape index (κ3) is 3.67. The predicted octanol–water partition coefficient (Wildman–Crippen LogP) is 0.647. The molecule has 11 heteroatoms. The lowest BCUT2D eigenvalue weighted by Crippen LogP contribution is -2.24. The van der Waals surface area contributed by atoms with E-state index in [0.717, 1.165) is 0 Å². The summed E-state index contributed by atoms with van der Waals surface area (Å²) in [5, 5.41) is 18.9. The van der Waals surface area contributed by atoms with E-state index < -0.39 is 52.5 Å². The van der Waals surface area contributed by atoms with Gasteiger partial charge >= 0.3 is 11.9 Å². The summed E-state index contributed by atoms with van der Waals surface area (Å²) in [5.41, 5.74) is 7.55. The number of primary amides is 1. The summed E-state index contributed by atoms with van der Waals surface area (Å²) in [6.07, 6.45) is 0. The van der Waals surface area contributed by atoms with Crippen LogP contribution >= 0.6 is 15.9 Å². The SMILES string of the molecule is NC(=O)COc1ccc(Br)cc1-c1c(C(=O)O)c(N)[nH]c(=O)c1C(=O)O. The van der Waals surface area contributed by atoms with Crippen LogP contribution in [0.3, 0.4) is 0 Å². The van der Waals surface area contributed by atoms with Crippen LogP contribution in [-0.2, 0) is 4.79 Å². The number of carboxylic acids is 2. The summed E-state index contributed by atoms with van der Waals surface area (Å²) in [4.78, 5) is 48.3. The zero-order valence-electron chi connectivity index (χ0n) is 12.9. The number of rotatable bonds is 6. The fourth-order valence-electron chi connectivity index (χ4n) is 2.29. The zero-order chi connectivity index (χ0) is 19.6. The average Bonchev–Trinajstić information content (AvgIpc) is 2.51. The Morgan fingerprint density at radius 2 is 1.77 bits per heavy atom. The minimum Gasteiger partial charge on any atom is -0.483 e. The molecule has 1 heterocycles. The summed E-state index contributed by atoms with van der Waals surface area (Å²) < 4.78 is 5.66. The van der Waals surface area contributed by atoms with Crippen molar-refractivity contribution < 1.29 is 29.3 Å². The van der Waals surface area contributed by atoms with Gasteiger partial charge in [0.2, 0.25) is 0 Å². The zero-order valence-corrected chi connectivity index (χ0v) is 14.5. The number of amides is 1. The van der Waals surface area contributed by atoms with Crippen LogP contribution < -0.4 is 21.8 Å². The number of hydrogen-bond acceptors (Lipinski definition) is 6. The number of halogens is 1. The lowest BCUT2D eigenvalue weighted by Gasteiger charge is -2.16. The summed E-state index contributed by atoms with van der Waals surface area (Å²) in [5.74, 6) is -4.60. The van der Waals surface area contributed by atoms with Crippen LogP contribution in [0.1, 0.15) is 20.7 Å². The molecule has 0 saturated carbocycles. The summed E-state index contributed by atoms with van der Waals surface area (Å²) in [6.45, 7) is -0.544. The molecule has 26 heavy (non-hydrogen) atoms.